The molecule has 0 spiro atoms. The molecule has 0 aliphatic rings. The highest BCUT2D eigenvalue weighted by atomic mass is 16.6. The Balaban J connectivity index is 4.20. The zero-order valence-corrected chi connectivity index (χ0v) is 8.64. The normalized spacial score (nSPS) is 11.4. The van der Waals surface area contributed by atoms with Crippen LogP contribution in [0, 0.1) is 0 Å². The number of carbonyl (C=O) groups excluding carboxylic acids is 1. The van der Waals surface area contributed by atoms with E-state index in [2.05, 4.69) is 5.10 Å². The van der Waals surface area contributed by atoms with Crippen molar-refractivity contribution in [2.24, 2.45) is 5.10 Å². The molecular weight excluding hydrogens is 188 g/mol. The second kappa shape index (κ2) is 4.59. The molecule has 0 saturated carbocycles. The summed E-state index contributed by atoms with van der Waals surface area (Å²) in [5, 5.41) is 12.4. The molecule has 0 aromatic rings. The van der Waals surface area contributed by atoms with Crippen LogP contribution in [0.25, 0.3) is 0 Å². The lowest BCUT2D eigenvalue weighted by atomic mass is 10.2. The van der Waals surface area contributed by atoms with Gasteiger partial charge < -0.3 is 9.84 Å². The van der Waals surface area contributed by atoms with Gasteiger partial charge in [0, 0.05) is 7.05 Å². The lowest BCUT2D eigenvalue weighted by Gasteiger charge is -2.21. The van der Waals surface area contributed by atoms with E-state index < -0.39 is 17.7 Å². The second-order valence-electron chi connectivity index (χ2n) is 3.59. The van der Waals surface area contributed by atoms with Gasteiger partial charge in [0.1, 0.15) is 11.8 Å². The van der Waals surface area contributed by atoms with Gasteiger partial charge in [0.15, 0.2) is 0 Å². The molecule has 0 aliphatic carbocycles. The first-order valence-electron chi connectivity index (χ1n) is 3.96. The topological polar surface area (TPSA) is 79.2 Å². The number of rotatable bonds is 2. The van der Waals surface area contributed by atoms with Crippen molar-refractivity contribution in [3.8, 4) is 0 Å². The zero-order valence-electron chi connectivity index (χ0n) is 8.64. The standard InChI is InChI=1S/C8H14N2O4/c1-8(2,3)14-7(13)10(4)9-5-6(11)12/h5H,1-4H3,(H,11,12)/b9-5+. The van der Waals surface area contributed by atoms with Crippen LogP contribution in [0.5, 0.6) is 0 Å². The monoisotopic (exact) mass is 202 g/mol. The van der Waals surface area contributed by atoms with E-state index in [1.54, 1.807) is 20.8 Å². The van der Waals surface area contributed by atoms with Gasteiger partial charge in [-0.2, -0.15) is 5.10 Å². The summed E-state index contributed by atoms with van der Waals surface area (Å²) in [5.41, 5.74) is -0.621. The van der Waals surface area contributed by atoms with E-state index in [0.29, 0.717) is 6.21 Å². The van der Waals surface area contributed by atoms with Gasteiger partial charge in [0.05, 0.1) is 0 Å². The fraction of sp³-hybridized carbons (Fsp3) is 0.625. The minimum atomic E-state index is -1.22. The summed E-state index contributed by atoms with van der Waals surface area (Å²) < 4.78 is 4.91. The van der Waals surface area contributed by atoms with E-state index in [4.69, 9.17) is 9.84 Å². The van der Waals surface area contributed by atoms with Crippen LogP contribution in [-0.2, 0) is 9.53 Å². The van der Waals surface area contributed by atoms with Gasteiger partial charge in [-0.1, -0.05) is 0 Å². The highest BCUT2D eigenvalue weighted by molar-refractivity contribution is 6.22. The first-order chi connectivity index (χ1) is 6.22. The third-order valence-electron chi connectivity index (χ3n) is 0.999. The molecule has 80 valence electrons. The van der Waals surface area contributed by atoms with Crippen LogP contribution in [0.3, 0.4) is 0 Å². The van der Waals surface area contributed by atoms with Crippen LogP contribution in [0.1, 0.15) is 20.8 Å². The molecule has 14 heavy (non-hydrogen) atoms. The zero-order chi connectivity index (χ0) is 11.4. The van der Waals surface area contributed by atoms with Gasteiger partial charge >= 0.3 is 12.1 Å². The average molecular weight is 202 g/mol. The Bertz CT molecular complexity index is 255. The van der Waals surface area contributed by atoms with Gasteiger partial charge in [0.2, 0.25) is 0 Å². The number of aliphatic carboxylic acids is 1. The van der Waals surface area contributed by atoms with Crippen LogP contribution in [0.15, 0.2) is 5.10 Å². The molecule has 0 atom stereocenters. The molecule has 0 saturated heterocycles. The van der Waals surface area contributed by atoms with Crippen molar-refractivity contribution in [1.82, 2.24) is 5.01 Å². The molecule has 1 N–H and O–H groups in total. The number of hydrazone groups is 1. The molecule has 0 heterocycles. The summed E-state index contributed by atoms with van der Waals surface area (Å²) in [4.78, 5) is 21.3. The van der Waals surface area contributed by atoms with Crippen LogP contribution in [0.2, 0.25) is 0 Å². The lowest BCUT2D eigenvalue weighted by Crippen LogP contribution is -2.31. The minimum absolute atomic E-state index is 0.615. The molecule has 0 aromatic carbocycles. The van der Waals surface area contributed by atoms with Gasteiger partial charge in [-0.05, 0) is 20.8 Å². The van der Waals surface area contributed by atoms with Crippen LogP contribution in [-0.4, -0.2) is 41.0 Å². The van der Waals surface area contributed by atoms with Gasteiger partial charge in [-0.3, -0.25) is 0 Å². The average Bonchev–Trinajstić information content (AvgIpc) is 1.96. The molecule has 6 nitrogen and oxygen atoms in total. The van der Waals surface area contributed by atoms with Crippen LogP contribution >= 0.6 is 0 Å². The highest BCUT2D eigenvalue weighted by Crippen LogP contribution is 2.08. The summed E-state index contributed by atoms with van der Waals surface area (Å²) in [7, 11) is 1.31. The van der Waals surface area contributed by atoms with Crippen molar-refractivity contribution in [3.63, 3.8) is 0 Å². The van der Waals surface area contributed by atoms with E-state index in [1.165, 1.54) is 7.05 Å². The van der Waals surface area contributed by atoms with Crippen molar-refractivity contribution in [2.45, 2.75) is 26.4 Å². The van der Waals surface area contributed by atoms with Crippen LogP contribution < -0.4 is 0 Å². The van der Waals surface area contributed by atoms with Crippen molar-refractivity contribution in [1.29, 1.82) is 0 Å². The van der Waals surface area contributed by atoms with Crippen LogP contribution in [0.4, 0.5) is 4.79 Å². The predicted octanol–water partition coefficient (Wildman–Crippen LogP) is 0.924. The molecule has 0 aliphatic heterocycles. The Labute approximate surface area is 82.1 Å². The Morgan fingerprint density at radius 2 is 1.93 bits per heavy atom. The fourth-order valence-corrected chi connectivity index (χ4v) is 0.511. The van der Waals surface area contributed by atoms with Gasteiger partial charge in [0.25, 0.3) is 0 Å². The summed E-state index contributed by atoms with van der Waals surface area (Å²) in [6.07, 6.45) is -0.0841. The van der Waals surface area contributed by atoms with Crippen molar-refractivity contribution >= 4 is 18.3 Å². The van der Waals surface area contributed by atoms with E-state index in [1.807, 2.05) is 0 Å². The summed E-state index contributed by atoms with van der Waals surface area (Å²) >= 11 is 0. The molecule has 1 amide bonds. The first-order valence-corrected chi connectivity index (χ1v) is 3.96. The summed E-state index contributed by atoms with van der Waals surface area (Å²) in [6.45, 7) is 5.12. The molecule has 0 unspecified atom stereocenters. The largest absolute Gasteiger partial charge is 0.477 e. The predicted molar refractivity (Wildman–Crippen MR) is 50.1 cm³/mol. The van der Waals surface area contributed by atoms with E-state index in [-0.39, 0.29) is 0 Å². The lowest BCUT2D eigenvalue weighted by molar-refractivity contribution is -0.128. The maximum Gasteiger partial charge on any atom is 0.430 e. The van der Waals surface area contributed by atoms with Crippen molar-refractivity contribution in [3.05, 3.63) is 0 Å². The molecule has 0 rings (SSSR count). The number of ether oxygens (including phenoxy) is 1. The van der Waals surface area contributed by atoms with Crippen molar-refractivity contribution in [2.75, 3.05) is 7.05 Å². The van der Waals surface area contributed by atoms with E-state index in [9.17, 15) is 9.59 Å². The maximum absolute atomic E-state index is 11.2. The Morgan fingerprint density at radius 1 is 1.43 bits per heavy atom. The molecule has 0 aromatic heterocycles. The third-order valence-corrected chi connectivity index (χ3v) is 0.999. The smallest absolute Gasteiger partial charge is 0.430 e. The molecule has 0 radical (unpaired) electrons. The Morgan fingerprint density at radius 3 is 2.29 bits per heavy atom. The van der Waals surface area contributed by atoms with Gasteiger partial charge in [-0.25, -0.2) is 14.6 Å². The molecule has 0 fully saturated rings. The summed E-state index contributed by atoms with van der Waals surface area (Å²) in [6, 6.07) is 0. The number of hydrogen-bond donors (Lipinski definition) is 1. The number of hydrogen-bond acceptors (Lipinski definition) is 4. The number of carbonyl (C=O) groups is 2. The molecule has 0 bridgehead atoms. The number of amides is 1. The molecular formula is C8H14N2O4. The Kier molecular flexibility index (Phi) is 4.07. The SMILES string of the molecule is CN(/N=C/C(=O)O)C(=O)OC(C)(C)C. The minimum Gasteiger partial charge on any atom is -0.477 e. The second-order valence-corrected chi connectivity index (χ2v) is 3.59. The van der Waals surface area contributed by atoms with E-state index >= 15 is 0 Å². The summed E-state index contributed by atoms with van der Waals surface area (Å²) in [5.74, 6) is -1.22. The maximum atomic E-state index is 11.2. The highest BCUT2D eigenvalue weighted by Gasteiger charge is 2.18. The van der Waals surface area contributed by atoms with Crippen molar-refractivity contribution < 1.29 is 19.4 Å². The third kappa shape index (κ3) is 5.99. The number of carboxylic acid groups (broad SMARTS) is 1. The van der Waals surface area contributed by atoms with Gasteiger partial charge in [-0.15, -0.1) is 0 Å². The fourth-order valence-electron chi connectivity index (χ4n) is 0.511. The quantitative estimate of drug-likeness (QED) is 0.533. The molecule has 6 heteroatoms. The Hall–Kier alpha value is -1.59. The number of carboxylic acids is 1. The van der Waals surface area contributed by atoms with E-state index in [0.717, 1.165) is 5.01 Å². The number of nitrogens with zero attached hydrogens (tertiary/aromatic N) is 2. The first kappa shape index (κ1) is 12.4.